The second-order valence-electron chi connectivity index (χ2n) is 5.24. The highest BCUT2D eigenvalue weighted by molar-refractivity contribution is 9.10. The van der Waals surface area contributed by atoms with Crippen LogP contribution in [0.1, 0.15) is 24.5 Å². The summed E-state index contributed by atoms with van der Waals surface area (Å²) in [6, 6.07) is 14.2. The molecule has 0 aliphatic rings. The molecule has 0 saturated carbocycles. The zero-order valence-corrected chi connectivity index (χ0v) is 15.8. The van der Waals surface area contributed by atoms with E-state index in [1.165, 1.54) is 0 Å². The second kappa shape index (κ2) is 9.81. The van der Waals surface area contributed by atoms with Gasteiger partial charge in [-0.15, -0.1) is 12.4 Å². The predicted molar refractivity (Wildman–Crippen MR) is 101 cm³/mol. The normalized spacial score (nSPS) is 11.5. The van der Waals surface area contributed by atoms with Crippen molar-refractivity contribution < 1.29 is 9.47 Å². The van der Waals surface area contributed by atoms with Crippen molar-refractivity contribution in [3.05, 3.63) is 58.1 Å². The van der Waals surface area contributed by atoms with Gasteiger partial charge in [-0.2, -0.15) is 0 Å². The first-order valence-corrected chi connectivity index (χ1v) is 8.22. The molecule has 1 unspecified atom stereocenters. The summed E-state index contributed by atoms with van der Waals surface area (Å²) in [5, 5.41) is 0. The van der Waals surface area contributed by atoms with E-state index in [-0.39, 0.29) is 18.4 Å². The van der Waals surface area contributed by atoms with Crippen LogP contribution in [0.25, 0.3) is 0 Å². The summed E-state index contributed by atoms with van der Waals surface area (Å²) in [5.74, 6) is 1.46. The highest BCUT2D eigenvalue weighted by atomic mass is 79.9. The monoisotopic (exact) mass is 399 g/mol. The molecule has 0 amide bonds. The number of rotatable bonds is 7. The maximum Gasteiger partial charge on any atom is 0.162 e. The van der Waals surface area contributed by atoms with Crippen molar-refractivity contribution in [1.29, 1.82) is 0 Å². The highest BCUT2D eigenvalue weighted by Crippen LogP contribution is 2.34. The Kier molecular flexibility index (Phi) is 8.45. The largest absolute Gasteiger partial charge is 0.493 e. The molecule has 1 atom stereocenters. The van der Waals surface area contributed by atoms with Crippen LogP contribution in [0.5, 0.6) is 11.5 Å². The van der Waals surface area contributed by atoms with Gasteiger partial charge in [-0.25, -0.2) is 0 Å². The van der Waals surface area contributed by atoms with Crippen LogP contribution in [0, 0.1) is 0 Å². The minimum Gasteiger partial charge on any atom is -0.493 e. The Morgan fingerprint density at radius 2 is 1.83 bits per heavy atom. The lowest BCUT2D eigenvalue weighted by Gasteiger charge is -2.16. The average molecular weight is 401 g/mol. The fourth-order valence-electron chi connectivity index (χ4n) is 2.17. The zero-order valence-electron chi connectivity index (χ0n) is 13.4. The minimum atomic E-state index is 0. The molecule has 2 N–H and O–H groups in total. The summed E-state index contributed by atoms with van der Waals surface area (Å²) in [4.78, 5) is 0. The van der Waals surface area contributed by atoms with Crippen molar-refractivity contribution in [1.82, 2.24) is 0 Å². The molecule has 3 nitrogen and oxygen atoms in total. The van der Waals surface area contributed by atoms with Gasteiger partial charge >= 0.3 is 0 Å². The number of ether oxygens (including phenoxy) is 2. The topological polar surface area (TPSA) is 44.5 Å². The van der Waals surface area contributed by atoms with E-state index in [0.29, 0.717) is 6.61 Å². The molecule has 0 aliphatic carbocycles. The Hall–Kier alpha value is -1.23. The van der Waals surface area contributed by atoms with E-state index in [1.54, 1.807) is 7.11 Å². The number of benzene rings is 2. The Bertz CT molecular complexity index is 607. The van der Waals surface area contributed by atoms with Gasteiger partial charge < -0.3 is 15.2 Å². The Morgan fingerprint density at radius 1 is 1.13 bits per heavy atom. The van der Waals surface area contributed by atoms with Gasteiger partial charge in [0.1, 0.15) is 6.61 Å². The number of hydrogen-bond donors (Lipinski definition) is 1. The molecular formula is C18H23BrClNO2. The summed E-state index contributed by atoms with van der Waals surface area (Å²) < 4.78 is 12.4. The van der Waals surface area contributed by atoms with E-state index in [2.05, 4.69) is 22.9 Å². The molecule has 0 spiro atoms. The molecule has 5 heteroatoms. The molecule has 0 radical (unpaired) electrons. The Balaban J connectivity index is 0.00000264. The molecule has 0 aromatic heterocycles. The van der Waals surface area contributed by atoms with Crippen LogP contribution in [0.3, 0.4) is 0 Å². The van der Waals surface area contributed by atoms with Crippen molar-refractivity contribution >= 4 is 28.3 Å². The molecule has 0 bridgehead atoms. The lowest BCUT2D eigenvalue weighted by atomic mass is 10.0. The third-order valence-corrected chi connectivity index (χ3v) is 4.31. The maximum atomic E-state index is 6.07. The first kappa shape index (κ1) is 19.8. The average Bonchev–Trinajstić information content (AvgIpc) is 2.55. The number of hydrogen-bond acceptors (Lipinski definition) is 3. The molecule has 0 saturated heterocycles. The summed E-state index contributed by atoms with van der Waals surface area (Å²) in [7, 11) is 1.65. The van der Waals surface area contributed by atoms with E-state index in [9.17, 15) is 0 Å². The standard InChI is InChI=1S/C18H22BrNO2.ClH/c1-3-15(20)9-14-10-18(17(21-2)11-16(14)19)22-12-13-7-5-4-6-8-13;/h4-8,10-11,15H,3,9,12,20H2,1-2H3;1H. The summed E-state index contributed by atoms with van der Waals surface area (Å²) in [6.45, 7) is 2.60. The SMILES string of the molecule is CCC(N)Cc1cc(OCc2ccccc2)c(OC)cc1Br.Cl. The van der Waals surface area contributed by atoms with Crippen LogP contribution < -0.4 is 15.2 Å². The van der Waals surface area contributed by atoms with E-state index in [4.69, 9.17) is 15.2 Å². The molecule has 2 rings (SSSR count). The van der Waals surface area contributed by atoms with Gasteiger partial charge in [0, 0.05) is 10.5 Å². The molecule has 2 aromatic rings. The van der Waals surface area contributed by atoms with Crippen LogP contribution >= 0.6 is 28.3 Å². The van der Waals surface area contributed by atoms with E-state index >= 15 is 0 Å². The van der Waals surface area contributed by atoms with Crippen LogP contribution in [0.4, 0.5) is 0 Å². The number of methoxy groups -OCH3 is 1. The van der Waals surface area contributed by atoms with Crippen molar-refractivity contribution in [2.45, 2.75) is 32.4 Å². The molecule has 126 valence electrons. The molecule has 23 heavy (non-hydrogen) atoms. The van der Waals surface area contributed by atoms with E-state index in [0.717, 1.165) is 39.9 Å². The third kappa shape index (κ3) is 5.72. The van der Waals surface area contributed by atoms with Gasteiger partial charge in [0.25, 0.3) is 0 Å². The van der Waals surface area contributed by atoms with Crippen LogP contribution in [-0.2, 0) is 13.0 Å². The molecule has 0 fully saturated rings. The predicted octanol–water partition coefficient (Wildman–Crippen LogP) is 4.74. The fraction of sp³-hybridized carbons (Fsp3) is 0.333. The Labute approximate surface area is 152 Å². The van der Waals surface area contributed by atoms with Gasteiger partial charge in [0.05, 0.1) is 7.11 Å². The quantitative estimate of drug-likeness (QED) is 0.730. The van der Waals surface area contributed by atoms with Crippen molar-refractivity contribution in [2.75, 3.05) is 7.11 Å². The summed E-state index contributed by atoms with van der Waals surface area (Å²) in [6.07, 6.45) is 1.75. The van der Waals surface area contributed by atoms with Gasteiger partial charge in [0.15, 0.2) is 11.5 Å². The van der Waals surface area contributed by atoms with Gasteiger partial charge in [0.2, 0.25) is 0 Å². The molecule has 0 heterocycles. The van der Waals surface area contributed by atoms with Crippen molar-refractivity contribution in [2.24, 2.45) is 5.73 Å². The van der Waals surface area contributed by atoms with Gasteiger partial charge in [-0.1, -0.05) is 53.2 Å². The Morgan fingerprint density at radius 3 is 2.43 bits per heavy atom. The maximum absolute atomic E-state index is 6.07. The van der Waals surface area contributed by atoms with E-state index in [1.807, 2.05) is 42.5 Å². The van der Waals surface area contributed by atoms with Gasteiger partial charge in [-0.3, -0.25) is 0 Å². The highest BCUT2D eigenvalue weighted by Gasteiger charge is 2.12. The van der Waals surface area contributed by atoms with Crippen LogP contribution in [-0.4, -0.2) is 13.2 Å². The van der Waals surface area contributed by atoms with Crippen molar-refractivity contribution in [3.8, 4) is 11.5 Å². The van der Waals surface area contributed by atoms with Crippen LogP contribution in [0.15, 0.2) is 46.9 Å². The molecular weight excluding hydrogens is 378 g/mol. The second-order valence-corrected chi connectivity index (χ2v) is 6.10. The van der Waals surface area contributed by atoms with Crippen molar-refractivity contribution in [3.63, 3.8) is 0 Å². The smallest absolute Gasteiger partial charge is 0.162 e. The van der Waals surface area contributed by atoms with Gasteiger partial charge in [-0.05, 0) is 36.1 Å². The first-order chi connectivity index (χ1) is 10.6. The fourth-order valence-corrected chi connectivity index (χ4v) is 2.65. The van der Waals surface area contributed by atoms with Crippen LogP contribution in [0.2, 0.25) is 0 Å². The lowest BCUT2D eigenvalue weighted by molar-refractivity contribution is 0.284. The van der Waals surface area contributed by atoms with E-state index < -0.39 is 0 Å². The lowest BCUT2D eigenvalue weighted by Crippen LogP contribution is -2.21. The molecule has 0 aliphatic heterocycles. The minimum absolute atomic E-state index is 0. The third-order valence-electron chi connectivity index (χ3n) is 3.58. The number of nitrogens with two attached hydrogens (primary N) is 1. The molecule has 2 aromatic carbocycles. The number of halogens is 2. The summed E-state index contributed by atoms with van der Waals surface area (Å²) in [5.41, 5.74) is 8.33. The first-order valence-electron chi connectivity index (χ1n) is 7.42. The summed E-state index contributed by atoms with van der Waals surface area (Å²) >= 11 is 3.58. The zero-order chi connectivity index (χ0) is 15.9.